The maximum absolute atomic E-state index is 12.8. The van der Waals surface area contributed by atoms with E-state index in [4.69, 9.17) is 5.73 Å². The lowest BCUT2D eigenvalue weighted by Gasteiger charge is -2.15. The summed E-state index contributed by atoms with van der Waals surface area (Å²) < 4.78 is 38.5. The largest absolute Gasteiger partial charge is 0.417 e. The minimum atomic E-state index is -4.34. The second-order valence-corrected chi connectivity index (χ2v) is 4.03. The van der Waals surface area contributed by atoms with Crippen molar-refractivity contribution in [3.8, 4) is 0 Å². The summed E-state index contributed by atoms with van der Waals surface area (Å²) in [7, 11) is 0. The van der Waals surface area contributed by atoms with Crippen molar-refractivity contribution in [3.63, 3.8) is 0 Å². The van der Waals surface area contributed by atoms with Gasteiger partial charge in [-0.3, -0.25) is 0 Å². The van der Waals surface area contributed by atoms with Gasteiger partial charge in [-0.05, 0) is 29.3 Å². The molecule has 0 bridgehead atoms. The Morgan fingerprint density at radius 1 is 1.00 bits per heavy atom. The van der Waals surface area contributed by atoms with Gasteiger partial charge in [0.25, 0.3) is 0 Å². The molecule has 4 heteroatoms. The van der Waals surface area contributed by atoms with E-state index in [1.807, 2.05) is 0 Å². The Kier molecular flexibility index (Phi) is 2.83. The molecule has 0 saturated carbocycles. The van der Waals surface area contributed by atoms with Crippen molar-refractivity contribution < 1.29 is 13.2 Å². The third-order valence-electron chi connectivity index (χ3n) is 2.75. The van der Waals surface area contributed by atoms with Gasteiger partial charge in [0.05, 0.1) is 5.56 Å². The standard InChI is InChI=1S/C13H12F3N/c1-8(17)9-6-7-12(13(14,15)16)11-5-3-2-4-10(9)11/h2-8H,17H2,1H3/t8-/m1/s1. The fraction of sp³-hybridized carbons (Fsp3) is 0.231. The first-order valence-corrected chi connectivity index (χ1v) is 5.25. The van der Waals surface area contributed by atoms with Crippen LogP contribution < -0.4 is 5.73 Å². The van der Waals surface area contributed by atoms with Crippen molar-refractivity contribution in [2.24, 2.45) is 5.73 Å². The molecule has 2 N–H and O–H groups in total. The highest BCUT2D eigenvalue weighted by atomic mass is 19.4. The Morgan fingerprint density at radius 3 is 2.12 bits per heavy atom. The first-order valence-electron chi connectivity index (χ1n) is 5.25. The van der Waals surface area contributed by atoms with E-state index < -0.39 is 11.7 Å². The van der Waals surface area contributed by atoms with Gasteiger partial charge in [0, 0.05) is 6.04 Å². The Bertz CT molecular complexity index is 544. The fourth-order valence-electron chi connectivity index (χ4n) is 1.97. The lowest BCUT2D eigenvalue weighted by Crippen LogP contribution is -2.10. The summed E-state index contributed by atoms with van der Waals surface area (Å²) in [5.74, 6) is 0. The van der Waals surface area contributed by atoms with E-state index >= 15 is 0 Å². The highest BCUT2D eigenvalue weighted by Crippen LogP contribution is 2.36. The Morgan fingerprint density at radius 2 is 1.59 bits per heavy atom. The van der Waals surface area contributed by atoms with Crippen LogP contribution in [-0.2, 0) is 6.18 Å². The van der Waals surface area contributed by atoms with Crippen molar-refractivity contribution in [2.45, 2.75) is 19.1 Å². The zero-order valence-electron chi connectivity index (χ0n) is 9.25. The molecule has 0 radical (unpaired) electrons. The van der Waals surface area contributed by atoms with Crippen LogP contribution in [0.2, 0.25) is 0 Å². The van der Waals surface area contributed by atoms with Crippen LogP contribution in [0.15, 0.2) is 36.4 Å². The Labute approximate surface area is 97.0 Å². The van der Waals surface area contributed by atoms with Gasteiger partial charge in [-0.2, -0.15) is 13.2 Å². The van der Waals surface area contributed by atoms with E-state index in [1.165, 1.54) is 12.1 Å². The minimum absolute atomic E-state index is 0.204. The summed E-state index contributed by atoms with van der Waals surface area (Å²) >= 11 is 0. The Balaban J connectivity index is 2.80. The highest BCUT2D eigenvalue weighted by molar-refractivity contribution is 5.89. The smallest absolute Gasteiger partial charge is 0.324 e. The molecule has 0 unspecified atom stereocenters. The fourth-order valence-corrected chi connectivity index (χ4v) is 1.97. The van der Waals surface area contributed by atoms with E-state index in [0.717, 1.165) is 11.6 Å². The van der Waals surface area contributed by atoms with Crippen LogP contribution in [0.25, 0.3) is 10.8 Å². The molecule has 0 aliphatic carbocycles. The molecule has 1 atom stereocenters. The molecule has 90 valence electrons. The third kappa shape index (κ3) is 2.13. The zero-order chi connectivity index (χ0) is 12.6. The number of fused-ring (bicyclic) bond motifs is 1. The molecule has 0 fully saturated rings. The maximum Gasteiger partial charge on any atom is 0.417 e. The van der Waals surface area contributed by atoms with Gasteiger partial charge < -0.3 is 5.73 Å². The van der Waals surface area contributed by atoms with Gasteiger partial charge in [-0.25, -0.2) is 0 Å². The predicted octanol–water partition coefficient (Wildman–Crippen LogP) is 3.88. The van der Waals surface area contributed by atoms with E-state index in [0.29, 0.717) is 5.39 Å². The van der Waals surface area contributed by atoms with Crippen molar-refractivity contribution in [2.75, 3.05) is 0 Å². The lowest BCUT2D eigenvalue weighted by molar-refractivity contribution is -0.136. The molecule has 0 spiro atoms. The number of alkyl halides is 3. The summed E-state index contributed by atoms with van der Waals surface area (Å²) in [5, 5.41) is 0.770. The summed E-state index contributed by atoms with van der Waals surface area (Å²) in [6, 6.07) is 8.73. The first kappa shape index (κ1) is 11.9. The van der Waals surface area contributed by atoms with Gasteiger partial charge in [0.15, 0.2) is 0 Å². The normalized spacial score (nSPS) is 13.9. The first-order chi connectivity index (χ1) is 7.91. The quantitative estimate of drug-likeness (QED) is 0.803. The SMILES string of the molecule is C[C@@H](N)c1ccc(C(F)(F)F)c2ccccc12. The van der Waals surface area contributed by atoms with Crippen molar-refractivity contribution in [1.29, 1.82) is 0 Å². The molecule has 0 amide bonds. The van der Waals surface area contributed by atoms with Crippen molar-refractivity contribution in [1.82, 2.24) is 0 Å². The second-order valence-electron chi connectivity index (χ2n) is 4.03. The van der Waals surface area contributed by atoms with Gasteiger partial charge >= 0.3 is 6.18 Å². The van der Waals surface area contributed by atoms with Crippen LogP contribution in [0.3, 0.4) is 0 Å². The molecule has 0 aliphatic rings. The van der Waals surface area contributed by atoms with E-state index in [-0.39, 0.29) is 11.4 Å². The highest BCUT2D eigenvalue weighted by Gasteiger charge is 2.32. The minimum Gasteiger partial charge on any atom is -0.324 e. The Hall–Kier alpha value is -1.55. The van der Waals surface area contributed by atoms with Crippen LogP contribution in [0.1, 0.15) is 24.1 Å². The predicted molar refractivity (Wildman–Crippen MR) is 61.6 cm³/mol. The molecule has 0 saturated heterocycles. The summed E-state index contributed by atoms with van der Waals surface area (Å²) in [4.78, 5) is 0. The summed E-state index contributed by atoms with van der Waals surface area (Å²) in [5.41, 5.74) is 5.87. The number of hydrogen-bond donors (Lipinski definition) is 1. The number of rotatable bonds is 1. The number of benzene rings is 2. The monoisotopic (exact) mass is 239 g/mol. The topological polar surface area (TPSA) is 26.0 Å². The summed E-state index contributed by atoms with van der Waals surface area (Å²) in [6.07, 6.45) is -4.34. The average molecular weight is 239 g/mol. The van der Waals surface area contributed by atoms with E-state index in [2.05, 4.69) is 0 Å². The van der Waals surface area contributed by atoms with Crippen LogP contribution >= 0.6 is 0 Å². The van der Waals surface area contributed by atoms with Crippen LogP contribution in [-0.4, -0.2) is 0 Å². The number of halogens is 3. The molecule has 2 rings (SSSR count). The average Bonchev–Trinajstić information content (AvgIpc) is 2.26. The van der Waals surface area contributed by atoms with Crippen molar-refractivity contribution >= 4 is 10.8 Å². The van der Waals surface area contributed by atoms with Gasteiger partial charge in [-0.15, -0.1) is 0 Å². The second kappa shape index (κ2) is 4.04. The number of nitrogens with two attached hydrogens (primary N) is 1. The van der Waals surface area contributed by atoms with E-state index in [1.54, 1.807) is 25.1 Å². The summed E-state index contributed by atoms with van der Waals surface area (Å²) in [6.45, 7) is 1.76. The molecule has 0 aliphatic heterocycles. The third-order valence-corrected chi connectivity index (χ3v) is 2.75. The molecule has 2 aromatic rings. The molecule has 0 heterocycles. The van der Waals surface area contributed by atoms with E-state index in [9.17, 15) is 13.2 Å². The van der Waals surface area contributed by atoms with Crippen LogP contribution in [0.5, 0.6) is 0 Å². The number of hydrogen-bond acceptors (Lipinski definition) is 1. The molecule has 17 heavy (non-hydrogen) atoms. The van der Waals surface area contributed by atoms with Gasteiger partial charge in [0.1, 0.15) is 0 Å². The molecule has 0 aromatic heterocycles. The lowest BCUT2D eigenvalue weighted by atomic mass is 9.96. The van der Waals surface area contributed by atoms with Gasteiger partial charge in [0.2, 0.25) is 0 Å². The van der Waals surface area contributed by atoms with Gasteiger partial charge in [-0.1, -0.05) is 30.3 Å². The zero-order valence-corrected chi connectivity index (χ0v) is 9.25. The molecular formula is C13H12F3N. The van der Waals surface area contributed by atoms with Crippen LogP contribution in [0.4, 0.5) is 13.2 Å². The molecular weight excluding hydrogens is 227 g/mol. The maximum atomic E-state index is 12.8. The van der Waals surface area contributed by atoms with Crippen molar-refractivity contribution in [3.05, 3.63) is 47.5 Å². The molecule has 1 nitrogen and oxygen atoms in total. The molecule has 2 aromatic carbocycles. The van der Waals surface area contributed by atoms with Crippen LogP contribution in [0, 0.1) is 0 Å².